The lowest BCUT2D eigenvalue weighted by Crippen LogP contribution is -2.48. The van der Waals surface area contributed by atoms with Crippen molar-refractivity contribution in [2.75, 3.05) is 20.1 Å². The Balaban J connectivity index is 1.96. The largest absolute Gasteiger partial charge is 0.390 e. The quantitative estimate of drug-likeness (QED) is 0.691. The standard InChI is InChI=1S/C11H22N2O/c1-8(11(2)4-5-11)13(3)9-6-12-7-10(9)14/h8-10,12,14H,4-7H2,1-3H3/t8?,9-,10-/m1/s1. The molecule has 0 aromatic heterocycles. The van der Waals surface area contributed by atoms with Crippen molar-refractivity contribution in [2.45, 2.75) is 44.9 Å². The van der Waals surface area contributed by atoms with Crippen LogP contribution in [0, 0.1) is 5.41 Å². The summed E-state index contributed by atoms with van der Waals surface area (Å²) in [6.07, 6.45) is 2.49. The van der Waals surface area contributed by atoms with Crippen molar-refractivity contribution in [1.82, 2.24) is 10.2 Å². The van der Waals surface area contributed by atoms with Crippen LogP contribution in [0.3, 0.4) is 0 Å². The van der Waals surface area contributed by atoms with Crippen LogP contribution < -0.4 is 5.32 Å². The maximum atomic E-state index is 9.79. The minimum Gasteiger partial charge on any atom is -0.390 e. The van der Waals surface area contributed by atoms with E-state index in [1.807, 2.05) is 0 Å². The van der Waals surface area contributed by atoms with Gasteiger partial charge in [-0.3, -0.25) is 4.90 Å². The second-order valence-electron chi connectivity index (χ2n) is 5.29. The molecule has 0 aromatic carbocycles. The van der Waals surface area contributed by atoms with Crippen LogP contribution in [-0.4, -0.2) is 48.3 Å². The van der Waals surface area contributed by atoms with Gasteiger partial charge in [0.2, 0.25) is 0 Å². The Hall–Kier alpha value is -0.120. The van der Waals surface area contributed by atoms with E-state index in [9.17, 15) is 5.11 Å². The summed E-state index contributed by atoms with van der Waals surface area (Å²) in [5, 5.41) is 13.0. The predicted octanol–water partition coefficient (Wildman–Crippen LogP) is 0.439. The van der Waals surface area contributed by atoms with Crippen LogP contribution in [0.15, 0.2) is 0 Å². The summed E-state index contributed by atoms with van der Waals surface area (Å²) in [4.78, 5) is 2.36. The van der Waals surface area contributed by atoms with Gasteiger partial charge in [0.1, 0.15) is 0 Å². The Kier molecular flexibility index (Phi) is 2.58. The molecule has 1 heterocycles. The first-order valence-corrected chi connectivity index (χ1v) is 5.65. The fourth-order valence-corrected chi connectivity index (χ4v) is 2.46. The van der Waals surface area contributed by atoms with E-state index in [0.29, 0.717) is 17.5 Å². The zero-order valence-corrected chi connectivity index (χ0v) is 9.45. The lowest BCUT2D eigenvalue weighted by molar-refractivity contribution is 0.0570. The normalized spacial score (nSPS) is 37.5. The molecule has 3 heteroatoms. The Bertz CT molecular complexity index is 213. The SMILES string of the molecule is CC(N(C)[C@@H]1CNC[C@H]1O)C1(C)CC1. The Labute approximate surface area is 86.5 Å². The minimum absolute atomic E-state index is 0.190. The third-order valence-electron chi connectivity index (χ3n) is 4.33. The van der Waals surface area contributed by atoms with Gasteiger partial charge in [0.15, 0.2) is 0 Å². The zero-order chi connectivity index (χ0) is 10.3. The fourth-order valence-electron chi connectivity index (χ4n) is 2.46. The number of β-amino-alcohol motifs (C(OH)–C–C–N with tert-alkyl or cyclic N) is 1. The Morgan fingerprint density at radius 1 is 1.43 bits per heavy atom. The molecule has 1 aliphatic heterocycles. The average Bonchev–Trinajstić information content (AvgIpc) is 2.75. The number of likely N-dealkylation sites (N-methyl/N-ethyl adjacent to an activating group) is 1. The van der Waals surface area contributed by atoms with Crippen LogP contribution >= 0.6 is 0 Å². The van der Waals surface area contributed by atoms with Crippen molar-refractivity contribution in [3.05, 3.63) is 0 Å². The molecule has 3 nitrogen and oxygen atoms in total. The minimum atomic E-state index is -0.190. The molecular formula is C11H22N2O. The lowest BCUT2D eigenvalue weighted by Gasteiger charge is -2.35. The molecule has 82 valence electrons. The number of nitrogens with one attached hydrogen (secondary N) is 1. The van der Waals surface area contributed by atoms with Crippen LogP contribution in [0.25, 0.3) is 0 Å². The molecule has 0 spiro atoms. The molecule has 1 aliphatic carbocycles. The predicted molar refractivity (Wildman–Crippen MR) is 57.2 cm³/mol. The van der Waals surface area contributed by atoms with Gasteiger partial charge in [0.25, 0.3) is 0 Å². The highest BCUT2D eigenvalue weighted by Gasteiger charge is 2.46. The summed E-state index contributed by atoms with van der Waals surface area (Å²) in [5.41, 5.74) is 0.511. The van der Waals surface area contributed by atoms with Gasteiger partial charge in [-0.2, -0.15) is 0 Å². The van der Waals surface area contributed by atoms with Crippen molar-refractivity contribution in [1.29, 1.82) is 0 Å². The second kappa shape index (κ2) is 3.47. The van der Waals surface area contributed by atoms with Gasteiger partial charge in [0, 0.05) is 25.2 Å². The number of hydrogen-bond acceptors (Lipinski definition) is 3. The van der Waals surface area contributed by atoms with Crippen LogP contribution in [0.4, 0.5) is 0 Å². The van der Waals surface area contributed by atoms with Gasteiger partial charge in [0.05, 0.1) is 6.10 Å². The number of hydrogen-bond donors (Lipinski definition) is 2. The molecule has 1 saturated heterocycles. The average molecular weight is 198 g/mol. The highest BCUT2D eigenvalue weighted by molar-refractivity contribution is 5.00. The molecule has 3 atom stereocenters. The summed E-state index contributed by atoms with van der Waals surface area (Å²) < 4.78 is 0. The van der Waals surface area contributed by atoms with Gasteiger partial charge in [-0.15, -0.1) is 0 Å². The molecule has 2 aliphatic rings. The van der Waals surface area contributed by atoms with Crippen LogP contribution in [0.1, 0.15) is 26.7 Å². The highest BCUT2D eigenvalue weighted by atomic mass is 16.3. The van der Waals surface area contributed by atoms with E-state index < -0.39 is 0 Å². The summed E-state index contributed by atoms with van der Waals surface area (Å²) in [6, 6.07) is 0.893. The lowest BCUT2D eigenvalue weighted by atomic mass is 9.97. The zero-order valence-electron chi connectivity index (χ0n) is 9.45. The molecule has 14 heavy (non-hydrogen) atoms. The first-order chi connectivity index (χ1) is 6.54. The molecule has 2 rings (SSSR count). The first kappa shape index (κ1) is 10.4. The third-order valence-corrected chi connectivity index (χ3v) is 4.33. The number of rotatable bonds is 3. The smallest absolute Gasteiger partial charge is 0.0831 e. The van der Waals surface area contributed by atoms with Crippen molar-refractivity contribution in [3.8, 4) is 0 Å². The molecule has 2 N–H and O–H groups in total. The van der Waals surface area contributed by atoms with Crippen molar-refractivity contribution in [3.63, 3.8) is 0 Å². The molecule has 1 unspecified atom stereocenters. The monoisotopic (exact) mass is 198 g/mol. The van der Waals surface area contributed by atoms with Crippen LogP contribution in [-0.2, 0) is 0 Å². The van der Waals surface area contributed by atoms with Gasteiger partial charge in [-0.25, -0.2) is 0 Å². The summed E-state index contributed by atoms with van der Waals surface area (Å²) in [6.45, 7) is 6.32. The van der Waals surface area contributed by atoms with Crippen molar-refractivity contribution >= 4 is 0 Å². The molecule has 1 saturated carbocycles. The molecule has 0 radical (unpaired) electrons. The number of aliphatic hydroxyl groups is 1. The van der Waals surface area contributed by atoms with E-state index in [1.165, 1.54) is 12.8 Å². The fraction of sp³-hybridized carbons (Fsp3) is 1.00. The van der Waals surface area contributed by atoms with E-state index >= 15 is 0 Å². The van der Waals surface area contributed by atoms with Gasteiger partial charge >= 0.3 is 0 Å². The van der Waals surface area contributed by atoms with E-state index in [0.717, 1.165) is 13.1 Å². The van der Waals surface area contributed by atoms with Crippen LogP contribution in [0.2, 0.25) is 0 Å². The summed E-state index contributed by atoms with van der Waals surface area (Å²) in [7, 11) is 2.15. The van der Waals surface area contributed by atoms with Gasteiger partial charge in [-0.1, -0.05) is 6.92 Å². The van der Waals surface area contributed by atoms with E-state index in [-0.39, 0.29) is 6.10 Å². The van der Waals surface area contributed by atoms with E-state index in [4.69, 9.17) is 0 Å². The number of aliphatic hydroxyl groups excluding tert-OH is 1. The van der Waals surface area contributed by atoms with Crippen molar-refractivity contribution in [2.24, 2.45) is 5.41 Å². The maximum Gasteiger partial charge on any atom is 0.0831 e. The van der Waals surface area contributed by atoms with E-state index in [2.05, 4.69) is 31.1 Å². The summed E-state index contributed by atoms with van der Waals surface area (Å²) >= 11 is 0. The third kappa shape index (κ3) is 1.69. The molecular weight excluding hydrogens is 176 g/mol. The molecule has 0 aromatic rings. The Morgan fingerprint density at radius 2 is 2.07 bits per heavy atom. The molecule has 0 bridgehead atoms. The maximum absolute atomic E-state index is 9.79. The van der Waals surface area contributed by atoms with Gasteiger partial charge < -0.3 is 10.4 Å². The Morgan fingerprint density at radius 3 is 2.50 bits per heavy atom. The molecule has 2 fully saturated rings. The topological polar surface area (TPSA) is 35.5 Å². The second-order valence-corrected chi connectivity index (χ2v) is 5.29. The molecule has 0 amide bonds. The van der Waals surface area contributed by atoms with Crippen molar-refractivity contribution < 1.29 is 5.11 Å². The van der Waals surface area contributed by atoms with Crippen LogP contribution in [0.5, 0.6) is 0 Å². The number of nitrogens with zero attached hydrogens (tertiary/aromatic N) is 1. The highest BCUT2D eigenvalue weighted by Crippen LogP contribution is 2.49. The van der Waals surface area contributed by atoms with Gasteiger partial charge in [-0.05, 0) is 32.2 Å². The summed E-state index contributed by atoms with van der Waals surface area (Å²) in [5.74, 6) is 0. The van der Waals surface area contributed by atoms with E-state index in [1.54, 1.807) is 0 Å². The first-order valence-electron chi connectivity index (χ1n) is 5.65.